The van der Waals surface area contributed by atoms with Crippen molar-refractivity contribution >= 4 is 74.8 Å². The van der Waals surface area contributed by atoms with Crippen LogP contribution in [0.5, 0.6) is 5.75 Å². The van der Waals surface area contributed by atoms with Gasteiger partial charge in [0, 0.05) is 10.7 Å². The molecule has 0 radical (unpaired) electrons. The highest BCUT2D eigenvalue weighted by molar-refractivity contribution is 14.1. The topological polar surface area (TPSA) is 75.7 Å². The van der Waals surface area contributed by atoms with Gasteiger partial charge in [-0.1, -0.05) is 35.9 Å². The molecule has 3 aromatic rings. The Morgan fingerprint density at radius 2 is 1.82 bits per heavy atom. The van der Waals surface area contributed by atoms with Gasteiger partial charge in [0.1, 0.15) is 18.9 Å². The molecule has 196 valence electrons. The van der Waals surface area contributed by atoms with E-state index in [1.54, 1.807) is 30.3 Å². The summed E-state index contributed by atoms with van der Waals surface area (Å²) in [6.07, 6.45) is -3.04. The van der Waals surface area contributed by atoms with Crippen LogP contribution in [-0.2, 0) is 22.4 Å². The molecule has 38 heavy (non-hydrogen) atoms. The highest BCUT2D eigenvalue weighted by Crippen LogP contribution is 2.34. The van der Waals surface area contributed by atoms with E-state index in [1.807, 2.05) is 12.1 Å². The molecule has 0 aromatic heterocycles. The smallest absolute Gasteiger partial charge is 0.416 e. The van der Waals surface area contributed by atoms with Crippen LogP contribution < -0.4 is 10.1 Å². The fraction of sp³-hybridized carbons (Fsp3) is 0.115. The van der Waals surface area contributed by atoms with Crippen LogP contribution in [0.3, 0.4) is 0 Å². The molecule has 4 rings (SSSR count). The van der Waals surface area contributed by atoms with Crippen molar-refractivity contribution in [3.05, 3.63) is 96.9 Å². The summed E-state index contributed by atoms with van der Waals surface area (Å²) in [5.74, 6) is -0.834. The van der Waals surface area contributed by atoms with Crippen molar-refractivity contribution < 1.29 is 32.3 Å². The molecule has 1 fully saturated rings. The van der Waals surface area contributed by atoms with E-state index >= 15 is 0 Å². The molecule has 1 saturated heterocycles. The van der Waals surface area contributed by atoms with Gasteiger partial charge >= 0.3 is 6.18 Å². The number of nitrogens with zero attached hydrogens (tertiary/aromatic N) is 1. The Kier molecular flexibility index (Phi) is 8.68. The molecular weight excluding hydrogens is 656 g/mol. The van der Waals surface area contributed by atoms with Crippen LogP contribution in [0.1, 0.15) is 16.7 Å². The third kappa shape index (κ3) is 7.08. The molecule has 1 aliphatic rings. The molecule has 1 N–H and O–H groups in total. The Labute approximate surface area is 238 Å². The standard InChI is InChI=1S/C26H17ClF3IN2O4S/c27-18-7-4-15(5-8-18)14-37-21-9-6-16(10-20(21)31)11-22-24(35)33(25(36)38-22)13-23(34)32-19-3-1-2-17(12-19)26(28,29)30/h1-12H,13-14H2,(H,32,34)/b22-11-. The number of halogens is 5. The predicted octanol–water partition coefficient (Wildman–Crippen LogP) is 7.22. The number of carbonyl (C=O) groups excluding carboxylic acids is 3. The second-order valence-electron chi connectivity index (χ2n) is 8.00. The van der Waals surface area contributed by atoms with E-state index in [0.717, 1.165) is 32.2 Å². The molecular formula is C26H17ClF3IN2O4S. The predicted molar refractivity (Wildman–Crippen MR) is 148 cm³/mol. The van der Waals surface area contributed by atoms with E-state index < -0.39 is 35.3 Å². The number of rotatable bonds is 7. The van der Waals surface area contributed by atoms with Crippen LogP contribution in [0.25, 0.3) is 6.08 Å². The molecule has 0 bridgehead atoms. The van der Waals surface area contributed by atoms with Crippen molar-refractivity contribution in [3.63, 3.8) is 0 Å². The van der Waals surface area contributed by atoms with Crippen LogP contribution >= 0.6 is 46.0 Å². The van der Waals surface area contributed by atoms with Crippen LogP contribution in [0.15, 0.2) is 71.6 Å². The number of imide groups is 1. The molecule has 0 saturated carbocycles. The number of hydrogen-bond acceptors (Lipinski definition) is 5. The van der Waals surface area contributed by atoms with Gasteiger partial charge in [-0.05, 0) is 94.0 Å². The maximum atomic E-state index is 12.9. The maximum absolute atomic E-state index is 12.9. The number of amides is 3. The monoisotopic (exact) mass is 672 g/mol. The third-order valence-corrected chi connectivity index (χ3v) is 7.21. The minimum atomic E-state index is -4.57. The van der Waals surface area contributed by atoms with Crippen molar-refractivity contribution in [2.45, 2.75) is 12.8 Å². The molecule has 0 spiro atoms. The Morgan fingerprint density at radius 1 is 1.08 bits per heavy atom. The second kappa shape index (κ2) is 11.8. The average Bonchev–Trinajstić information content (AvgIpc) is 3.11. The van der Waals surface area contributed by atoms with Gasteiger partial charge in [0.25, 0.3) is 11.1 Å². The summed E-state index contributed by atoms with van der Waals surface area (Å²) >= 11 is 8.67. The number of benzene rings is 3. The lowest BCUT2D eigenvalue weighted by atomic mass is 10.2. The van der Waals surface area contributed by atoms with Gasteiger partial charge in [-0.2, -0.15) is 13.2 Å². The first-order valence-electron chi connectivity index (χ1n) is 10.9. The Balaban J connectivity index is 1.39. The summed E-state index contributed by atoms with van der Waals surface area (Å²) in [5.41, 5.74) is 0.563. The number of carbonyl (C=O) groups is 3. The SMILES string of the molecule is O=C(CN1C(=O)S/C(=C\c2ccc(OCc3ccc(Cl)cc3)c(I)c2)C1=O)Nc1cccc(C(F)(F)F)c1. The van der Waals surface area contributed by atoms with Crippen molar-refractivity contribution in [2.75, 3.05) is 11.9 Å². The summed E-state index contributed by atoms with van der Waals surface area (Å²) in [4.78, 5) is 38.4. The molecule has 0 unspecified atom stereocenters. The Morgan fingerprint density at radius 3 is 2.50 bits per heavy atom. The normalized spacial score (nSPS) is 14.8. The number of anilines is 1. The van der Waals surface area contributed by atoms with Gasteiger partial charge in [0.15, 0.2) is 0 Å². The molecule has 12 heteroatoms. The number of ether oxygens (including phenoxy) is 1. The largest absolute Gasteiger partial charge is 0.488 e. The molecule has 1 heterocycles. The lowest BCUT2D eigenvalue weighted by Gasteiger charge is -2.13. The molecule has 1 aliphatic heterocycles. The lowest BCUT2D eigenvalue weighted by Crippen LogP contribution is -2.36. The fourth-order valence-electron chi connectivity index (χ4n) is 3.37. The molecule has 6 nitrogen and oxygen atoms in total. The first-order valence-corrected chi connectivity index (χ1v) is 13.2. The van der Waals surface area contributed by atoms with Gasteiger partial charge in [-0.3, -0.25) is 19.3 Å². The maximum Gasteiger partial charge on any atom is 0.416 e. The Bertz CT molecular complexity index is 1430. The second-order valence-corrected chi connectivity index (χ2v) is 10.6. The van der Waals surface area contributed by atoms with Crippen molar-refractivity contribution in [3.8, 4) is 5.75 Å². The average molecular weight is 673 g/mol. The van der Waals surface area contributed by atoms with Gasteiger partial charge < -0.3 is 10.1 Å². The number of thioether (sulfide) groups is 1. The Hall–Kier alpha value is -3.03. The fourth-order valence-corrected chi connectivity index (χ4v) is 5.03. The lowest BCUT2D eigenvalue weighted by molar-refractivity contribution is -0.137. The first kappa shape index (κ1) is 28.0. The van der Waals surface area contributed by atoms with E-state index in [0.29, 0.717) is 34.7 Å². The van der Waals surface area contributed by atoms with Crippen molar-refractivity contribution in [2.24, 2.45) is 0 Å². The zero-order valence-electron chi connectivity index (χ0n) is 19.2. The van der Waals surface area contributed by atoms with Gasteiger partial charge in [0.05, 0.1) is 14.0 Å². The van der Waals surface area contributed by atoms with Crippen molar-refractivity contribution in [1.82, 2.24) is 4.90 Å². The van der Waals surface area contributed by atoms with Crippen LogP contribution in [0.4, 0.5) is 23.7 Å². The quantitative estimate of drug-likeness (QED) is 0.212. The van der Waals surface area contributed by atoms with E-state index in [1.165, 1.54) is 12.1 Å². The number of alkyl halides is 3. The van der Waals surface area contributed by atoms with Gasteiger partial charge in [-0.25, -0.2) is 0 Å². The number of hydrogen-bond donors (Lipinski definition) is 1. The van der Waals surface area contributed by atoms with Gasteiger partial charge in [0.2, 0.25) is 5.91 Å². The minimum absolute atomic E-state index is 0.0970. The zero-order chi connectivity index (χ0) is 27.4. The van der Waals surface area contributed by atoms with E-state index in [9.17, 15) is 27.6 Å². The summed E-state index contributed by atoms with van der Waals surface area (Å²) in [7, 11) is 0. The molecule has 0 aliphatic carbocycles. The summed E-state index contributed by atoms with van der Waals surface area (Å²) in [6.45, 7) is -0.290. The summed E-state index contributed by atoms with van der Waals surface area (Å²) in [5, 5.41) is 2.27. The summed E-state index contributed by atoms with van der Waals surface area (Å²) < 4.78 is 45.3. The van der Waals surface area contributed by atoms with Crippen LogP contribution in [0, 0.1) is 3.57 Å². The molecule has 3 amide bonds. The van der Waals surface area contributed by atoms with Crippen LogP contribution in [0.2, 0.25) is 5.02 Å². The first-order chi connectivity index (χ1) is 18.0. The highest BCUT2D eigenvalue weighted by atomic mass is 127. The van der Waals surface area contributed by atoms with Crippen LogP contribution in [-0.4, -0.2) is 28.5 Å². The van der Waals surface area contributed by atoms with E-state index in [-0.39, 0.29) is 10.6 Å². The van der Waals surface area contributed by atoms with E-state index in [2.05, 4.69) is 27.9 Å². The van der Waals surface area contributed by atoms with Gasteiger partial charge in [-0.15, -0.1) is 0 Å². The molecule has 0 atom stereocenters. The molecule has 3 aromatic carbocycles. The highest BCUT2D eigenvalue weighted by Gasteiger charge is 2.36. The minimum Gasteiger partial charge on any atom is -0.488 e. The third-order valence-electron chi connectivity index (χ3n) is 5.21. The van der Waals surface area contributed by atoms with E-state index in [4.69, 9.17) is 16.3 Å². The number of nitrogens with one attached hydrogen (secondary N) is 1. The van der Waals surface area contributed by atoms with Crippen molar-refractivity contribution in [1.29, 1.82) is 0 Å². The summed E-state index contributed by atoms with van der Waals surface area (Å²) in [6, 6.07) is 16.6. The zero-order valence-corrected chi connectivity index (χ0v) is 23.0.